The number of carbonyl (C=O) groups is 1. The SMILES string of the molecule is C=CC.CC.CC.Nc1ncc(C#CSI)cn1.O=CNc1ccc2c(N3CCCC3)nncc2c1. The van der Waals surface area contributed by atoms with Crippen LogP contribution in [-0.4, -0.2) is 39.7 Å². The van der Waals surface area contributed by atoms with Crippen molar-refractivity contribution in [1.82, 2.24) is 20.2 Å². The van der Waals surface area contributed by atoms with Gasteiger partial charge in [-0.05, 0) is 52.2 Å². The maximum Gasteiger partial charge on any atom is 0.219 e. The Morgan fingerprint density at radius 2 is 1.75 bits per heavy atom. The molecule has 3 N–H and O–H groups in total. The largest absolute Gasteiger partial charge is 0.368 e. The standard InChI is InChI=1S/C13H14N4O.C6H4IN3S.C3H6.2C2H6/c18-9-14-11-3-4-12-10(7-11)8-15-16-13(12)17-5-1-2-6-17;7-11-2-1-5-3-9-6(8)10-4-5;1-3-2;2*1-2/h3-4,7-9H,1-2,5-6H2,(H,14,18);3-4H,(H2,8,9,10);3H,1H2,2H3;2*1-2H3. The van der Waals surface area contributed by atoms with Crippen molar-refractivity contribution < 1.29 is 4.79 Å². The van der Waals surface area contributed by atoms with Gasteiger partial charge in [-0.25, -0.2) is 9.97 Å². The molecule has 3 heterocycles. The van der Waals surface area contributed by atoms with Crippen LogP contribution in [0, 0.1) is 11.2 Å². The molecule has 1 saturated heterocycles. The summed E-state index contributed by atoms with van der Waals surface area (Å²) in [6.45, 7) is 15.3. The highest BCUT2D eigenvalue weighted by molar-refractivity contribution is 14.2. The maximum atomic E-state index is 10.4. The van der Waals surface area contributed by atoms with Crippen LogP contribution in [0.4, 0.5) is 17.5 Å². The van der Waals surface area contributed by atoms with E-state index in [1.54, 1.807) is 24.7 Å². The minimum absolute atomic E-state index is 0.276. The fourth-order valence-corrected chi connectivity index (χ4v) is 3.36. The van der Waals surface area contributed by atoms with Crippen molar-refractivity contribution >= 4 is 64.8 Å². The third-order valence-corrected chi connectivity index (χ3v) is 5.02. The molecule has 2 aromatic heterocycles. The number of benzene rings is 1. The van der Waals surface area contributed by atoms with Crippen LogP contribution in [0.1, 0.15) is 53.0 Å². The van der Waals surface area contributed by atoms with Crippen LogP contribution in [-0.2, 0) is 4.79 Å². The Labute approximate surface area is 231 Å². The monoisotopic (exact) mass is 621 g/mol. The molecule has 0 unspecified atom stereocenters. The summed E-state index contributed by atoms with van der Waals surface area (Å²) < 4.78 is 0. The molecule has 4 rings (SSSR count). The topological polar surface area (TPSA) is 110 Å². The van der Waals surface area contributed by atoms with Crippen molar-refractivity contribution in [2.45, 2.75) is 47.5 Å². The number of fused-ring (bicyclic) bond motifs is 1. The van der Waals surface area contributed by atoms with Gasteiger partial charge in [0.25, 0.3) is 0 Å². The number of amides is 1. The van der Waals surface area contributed by atoms with Crippen LogP contribution in [0.15, 0.2) is 49.4 Å². The Bertz CT molecular complexity index is 1080. The second-order valence-electron chi connectivity index (χ2n) is 6.47. The number of nitrogen functional groups attached to an aromatic ring is 1. The first-order valence-electron chi connectivity index (χ1n) is 11.8. The van der Waals surface area contributed by atoms with E-state index in [0.29, 0.717) is 6.41 Å². The van der Waals surface area contributed by atoms with Gasteiger partial charge in [-0.1, -0.05) is 39.7 Å². The third kappa shape index (κ3) is 12.2. The molecular formula is C26H36IN7OS. The predicted molar refractivity (Wildman–Crippen MR) is 164 cm³/mol. The molecule has 0 aliphatic carbocycles. The highest BCUT2D eigenvalue weighted by atomic mass is 127. The summed E-state index contributed by atoms with van der Waals surface area (Å²) in [6, 6.07) is 5.79. The van der Waals surface area contributed by atoms with Crippen LogP contribution < -0.4 is 16.0 Å². The smallest absolute Gasteiger partial charge is 0.219 e. The van der Waals surface area contributed by atoms with Gasteiger partial charge in [0.15, 0.2) is 5.82 Å². The van der Waals surface area contributed by atoms with Crippen molar-refractivity contribution in [1.29, 1.82) is 0 Å². The van der Waals surface area contributed by atoms with Crippen molar-refractivity contribution in [3.05, 3.63) is 55.0 Å². The first kappa shape index (κ1) is 33.1. The normalized spacial score (nSPS) is 10.8. The zero-order valence-electron chi connectivity index (χ0n) is 21.7. The molecule has 0 radical (unpaired) electrons. The fourth-order valence-electron chi connectivity index (χ4n) is 2.87. The molecule has 1 aliphatic heterocycles. The van der Waals surface area contributed by atoms with Crippen LogP contribution >= 0.6 is 30.1 Å². The van der Waals surface area contributed by atoms with Gasteiger partial charge in [-0.2, -0.15) is 5.10 Å². The Morgan fingerprint density at radius 1 is 1.14 bits per heavy atom. The number of allylic oxidation sites excluding steroid dienone is 1. The third-order valence-electron chi connectivity index (χ3n) is 4.18. The summed E-state index contributed by atoms with van der Waals surface area (Å²) >= 11 is 2.10. The van der Waals surface area contributed by atoms with Gasteiger partial charge in [0.05, 0.1) is 11.8 Å². The molecule has 10 heteroatoms. The lowest BCUT2D eigenvalue weighted by molar-refractivity contribution is -0.105. The number of nitrogens with zero attached hydrogens (tertiary/aromatic N) is 5. The van der Waals surface area contributed by atoms with E-state index in [0.717, 1.165) is 40.9 Å². The van der Waals surface area contributed by atoms with Crippen LogP contribution in [0.5, 0.6) is 0 Å². The van der Waals surface area contributed by atoms with E-state index in [1.165, 1.54) is 21.8 Å². The van der Waals surface area contributed by atoms with E-state index < -0.39 is 0 Å². The predicted octanol–water partition coefficient (Wildman–Crippen LogP) is 6.49. The molecule has 0 saturated carbocycles. The van der Waals surface area contributed by atoms with E-state index in [1.807, 2.05) is 52.8 Å². The fraction of sp³-hybridized carbons (Fsp3) is 0.346. The minimum Gasteiger partial charge on any atom is -0.368 e. The first-order valence-corrected chi connectivity index (χ1v) is 15.1. The van der Waals surface area contributed by atoms with Gasteiger partial charge in [-0.3, -0.25) is 4.79 Å². The number of rotatable bonds is 3. The number of anilines is 3. The van der Waals surface area contributed by atoms with E-state index in [4.69, 9.17) is 5.73 Å². The molecule has 3 aromatic rings. The summed E-state index contributed by atoms with van der Waals surface area (Å²) in [5, 5.41) is 15.8. The van der Waals surface area contributed by atoms with Crippen molar-refractivity contribution in [2.75, 3.05) is 29.0 Å². The van der Waals surface area contributed by atoms with E-state index in [2.05, 4.69) is 69.3 Å². The Hall–Kier alpha value is -2.91. The molecule has 1 amide bonds. The number of carbonyl (C=O) groups excluding carboxylic acids is 1. The van der Waals surface area contributed by atoms with Crippen molar-refractivity contribution in [3.8, 4) is 11.2 Å². The van der Waals surface area contributed by atoms with Crippen LogP contribution in [0.25, 0.3) is 10.8 Å². The lowest BCUT2D eigenvalue weighted by atomic mass is 10.1. The highest BCUT2D eigenvalue weighted by Crippen LogP contribution is 2.28. The zero-order valence-corrected chi connectivity index (χ0v) is 24.6. The average molecular weight is 622 g/mol. The number of aromatic nitrogens is 4. The summed E-state index contributed by atoms with van der Waals surface area (Å²) in [4.78, 5) is 20.3. The Balaban J connectivity index is 0.000000585. The summed E-state index contributed by atoms with van der Waals surface area (Å²) in [5.41, 5.74) is 6.83. The second kappa shape index (κ2) is 21.4. The lowest BCUT2D eigenvalue weighted by Gasteiger charge is -2.17. The zero-order chi connectivity index (χ0) is 27.2. The Morgan fingerprint density at radius 3 is 2.31 bits per heavy atom. The number of hydrogen-bond donors (Lipinski definition) is 2. The number of nitrogens with one attached hydrogen (secondary N) is 1. The second-order valence-corrected chi connectivity index (χ2v) is 8.15. The van der Waals surface area contributed by atoms with Crippen LogP contribution in [0.3, 0.4) is 0 Å². The number of nitrogens with two attached hydrogens (primary N) is 1. The summed E-state index contributed by atoms with van der Waals surface area (Å²) in [7, 11) is 1.42. The van der Waals surface area contributed by atoms with Crippen molar-refractivity contribution in [3.63, 3.8) is 0 Å². The molecule has 0 bridgehead atoms. The molecule has 194 valence electrons. The number of hydrogen-bond acceptors (Lipinski definition) is 8. The molecule has 1 fully saturated rings. The molecule has 0 atom stereocenters. The van der Waals surface area contributed by atoms with Crippen molar-refractivity contribution in [2.24, 2.45) is 0 Å². The van der Waals surface area contributed by atoms with Crippen LogP contribution in [0.2, 0.25) is 0 Å². The molecule has 8 nitrogen and oxygen atoms in total. The van der Waals surface area contributed by atoms with E-state index in [-0.39, 0.29) is 5.95 Å². The molecular weight excluding hydrogens is 585 g/mol. The van der Waals surface area contributed by atoms with Gasteiger partial charge < -0.3 is 16.0 Å². The van der Waals surface area contributed by atoms with Gasteiger partial charge in [-0.15, -0.1) is 11.7 Å². The quantitative estimate of drug-likeness (QED) is 0.148. The van der Waals surface area contributed by atoms with Gasteiger partial charge >= 0.3 is 0 Å². The lowest BCUT2D eigenvalue weighted by Crippen LogP contribution is -2.19. The van der Waals surface area contributed by atoms with E-state index >= 15 is 0 Å². The first-order chi connectivity index (χ1) is 17.6. The summed E-state index contributed by atoms with van der Waals surface area (Å²) in [6.07, 6.45) is 9.78. The van der Waals surface area contributed by atoms with Gasteiger partial charge in [0, 0.05) is 63.1 Å². The molecule has 36 heavy (non-hydrogen) atoms. The van der Waals surface area contributed by atoms with Gasteiger partial charge in [0.1, 0.15) is 0 Å². The molecule has 0 spiro atoms. The molecule has 1 aromatic carbocycles. The Kier molecular flexibility index (Phi) is 19.7. The summed E-state index contributed by atoms with van der Waals surface area (Å²) in [5.74, 6) is 4.07. The highest BCUT2D eigenvalue weighted by Gasteiger charge is 2.16. The molecule has 1 aliphatic rings. The maximum absolute atomic E-state index is 10.4. The van der Waals surface area contributed by atoms with Gasteiger partial charge in [0.2, 0.25) is 12.4 Å². The minimum atomic E-state index is 0.276. The van der Waals surface area contributed by atoms with E-state index in [9.17, 15) is 4.79 Å². The number of halogens is 1. The average Bonchev–Trinajstić information content (AvgIpc) is 3.46.